The molecule has 0 unspecified atom stereocenters. The third-order valence-electron chi connectivity index (χ3n) is 2.28. The molecule has 1 rings (SSSR count). The third kappa shape index (κ3) is 3.29. The van der Waals surface area contributed by atoms with E-state index < -0.39 is 5.60 Å². The lowest BCUT2D eigenvalue weighted by Gasteiger charge is -2.38. The normalized spacial score (nSPS) is 26.6. The Morgan fingerprint density at radius 1 is 1.43 bits per heavy atom. The highest BCUT2D eigenvalue weighted by atomic mass is 127. The summed E-state index contributed by atoms with van der Waals surface area (Å²) < 4.78 is 6.00. The maximum atomic E-state index is 11.6. The molecule has 0 heterocycles. The van der Waals surface area contributed by atoms with Crippen LogP contribution in [0.15, 0.2) is 0 Å². The molecule has 4 heteroatoms. The number of hydrogen-bond donors (Lipinski definition) is 0. The Morgan fingerprint density at radius 2 is 1.93 bits per heavy atom. The maximum Gasteiger partial charge on any atom is 0.410 e. The van der Waals surface area contributed by atoms with Crippen LogP contribution in [0.2, 0.25) is 0 Å². The highest BCUT2D eigenvalue weighted by molar-refractivity contribution is 14.1. The quantitative estimate of drug-likeness (QED) is 0.550. The van der Waals surface area contributed by atoms with Crippen molar-refractivity contribution < 1.29 is 9.53 Å². The Hall–Kier alpha value is 0. The molecule has 14 heavy (non-hydrogen) atoms. The largest absolute Gasteiger partial charge is 0.444 e. The van der Waals surface area contributed by atoms with E-state index in [9.17, 15) is 4.79 Å². The van der Waals surface area contributed by atoms with Gasteiger partial charge in [0.25, 0.3) is 0 Å². The van der Waals surface area contributed by atoms with Crippen LogP contribution in [0.4, 0.5) is 4.79 Å². The van der Waals surface area contributed by atoms with Gasteiger partial charge in [-0.1, -0.05) is 22.6 Å². The summed E-state index contributed by atoms with van der Waals surface area (Å²) in [6.07, 6.45) is 1.98. The Labute approximate surface area is 99.3 Å². The number of alkyl halides is 1. The number of rotatable bonds is 1. The van der Waals surface area contributed by atoms with E-state index in [1.54, 1.807) is 4.90 Å². The molecule has 1 aliphatic rings. The van der Waals surface area contributed by atoms with Crippen LogP contribution in [0.3, 0.4) is 0 Å². The first-order valence-corrected chi connectivity index (χ1v) is 6.14. The van der Waals surface area contributed by atoms with E-state index in [-0.39, 0.29) is 6.09 Å². The Morgan fingerprint density at radius 3 is 2.29 bits per heavy atom. The summed E-state index contributed by atoms with van der Waals surface area (Å²) in [4.78, 5) is 13.3. The fourth-order valence-electron chi connectivity index (χ4n) is 1.32. The summed E-state index contributed by atoms with van der Waals surface area (Å²) in [5.41, 5.74) is -0.390. The average Bonchev–Trinajstić information content (AvgIpc) is 1.94. The highest BCUT2D eigenvalue weighted by Crippen LogP contribution is 2.31. The molecule has 0 atom stereocenters. The van der Waals surface area contributed by atoms with Crippen LogP contribution >= 0.6 is 22.6 Å². The van der Waals surface area contributed by atoms with E-state index in [0.717, 1.165) is 16.8 Å². The molecule has 0 bridgehead atoms. The number of halogens is 1. The second-order valence-corrected chi connectivity index (χ2v) is 6.58. The first-order valence-electron chi connectivity index (χ1n) is 4.89. The van der Waals surface area contributed by atoms with Gasteiger partial charge in [0.15, 0.2) is 0 Å². The van der Waals surface area contributed by atoms with Gasteiger partial charge in [-0.15, -0.1) is 0 Å². The smallest absolute Gasteiger partial charge is 0.410 e. The molecular weight excluding hydrogens is 293 g/mol. The van der Waals surface area contributed by atoms with Crippen molar-refractivity contribution in [3.05, 3.63) is 0 Å². The van der Waals surface area contributed by atoms with Crippen molar-refractivity contribution in [2.75, 3.05) is 7.05 Å². The molecule has 0 saturated heterocycles. The van der Waals surface area contributed by atoms with Crippen molar-refractivity contribution >= 4 is 28.7 Å². The molecule has 1 amide bonds. The zero-order valence-corrected chi connectivity index (χ0v) is 11.4. The zero-order valence-electron chi connectivity index (χ0n) is 9.21. The molecule has 1 aliphatic carbocycles. The summed E-state index contributed by atoms with van der Waals surface area (Å²) in [5, 5.41) is 0. The summed E-state index contributed by atoms with van der Waals surface area (Å²) in [5.74, 6) is 0. The summed E-state index contributed by atoms with van der Waals surface area (Å²) in [6, 6.07) is 0.381. The number of amides is 1. The van der Waals surface area contributed by atoms with Crippen LogP contribution in [-0.2, 0) is 4.74 Å². The van der Waals surface area contributed by atoms with Gasteiger partial charge in [-0.25, -0.2) is 4.79 Å². The Bertz CT molecular complexity index is 219. The van der Waals surface area contributed by atoms with E-state index in [2.05, 4.69) is 22.6 Å². The number of carbonyl (C=O) groups is 1. The van der Waals surface area contributed by atoms with Crippen LogP contribution in [0.1, 0.15) is 33.6 Å². The second-order valence-electron chi connectivity index (χ2n) is 4.81. The average molecular weight is 311 g/mol. The minimum absolute atomic E-state index is 0.203. The van der Waals surface area contributed by atoms with Crippen molar-refractivity contribution in [3.63, 3.8) is 0 Å². The van der Waals surface area contributed by atoms with Gasteiger partial charge in [-0.3, -0.25) is 0 Å². The first-order chi connectivity index (χ1) is 6.29. The number of nitrogens with zero attached hydrogens (tertiary/aromatic N) is 1. The van der Waals surface area contributed by atoms with Gasteiger partial charge in [-0.05, 0) is 33.6 Å². The van der Waals surface area contributed by atoms with Gasteiger partial charge in [0.05, 0.1) is 0 Å². The van der Waals surface area contributed by atoms with Crippen molar-refractivity contribution in [1.29, 1.82) is 0 Å². The predicted molar refractivity (Wildman–Crippen MR) is 64.8 cm³/mol. The summed E-state index contributed by atoms with van der Waals surface area (Å²) in [6.45, 7) is 5.67. The van der Waals surface area contributed by atoms with E-state index in [4.69, 9.17) is 4.74 Å². The lowest BCUT2D eigenvalue weighted by molar-refractivity contribution is 0.0157. The van der Waals surface area contributed by atoms with Gasteiger partial charge in [0.2, 0.25) is 0 Å². The third-order valence-corrected chi connectivity index (χ3v) is 3.30. The molecule has 1 saturated carbocycles. The molecular formula is C10H18INO2. The van der Waals surface area contributed by atoms with Gasteiger partial charge in [0.1, 0.15) is 5.60 Å². The standard InChI is InChI=1S/C10H18INO2/c1-10(2,3)14-9(13)12(4)8-5-7(11)6-8/h7-8H,5-6H2,1-4H3. The molecule has 0 aromatic carbocycles. The minimum Gasteiger partial charge on any atom is -0.444 e. The first kappa shape index (κ1) is 12.1. The van der Waals surface area contributed by atoms with Crippen LogP contribution < -0.4 is 0 Å². The maximum absolute atomic E-state index is 11.6. The molecule has 0 aromatic heterocycles. The van der Waals surface area contributed by atoms with E-state index in [1.165, 1.54) is 0 Å². The highest BCUT2D eigenvalue weighted by Gasteiger charge is 2.34. The molecule has 0 N–H and O–H groups in total. The molecule has 0 aromatic rings. The topological polar surface area (TPSA) is 29.5 Å². The SMILES string of the molecule is CN(C(=O)OC(C)(C)C)C1CC(I)C1. The Kier molecular flexibility index (Phi) is 3.66. The number of ether oxygens (including phenoxy) is 1. The monoisotopic (exact) mass is 311 g/mol. The van der Waals surface area contributed by atoms with E-state index in [0.29, 0.717) is 6.04 Å². The van der Waals surface area contributed by atoms with Crippen LogP contribution in [0, 0.1) is 0 Å². The zero-order chi connectivity index (χ0) is 10.9. The lowest BCUT2D eigenvalue weighted by atomic mass is 9.92. The molecule has 3 nitrogen and oxygen atoms in total. The van der Waals surface area contributed by atoms with E-state index >= 15 is 0 Å². The molecule has 0 radical (unpaired) electrons. The van der Waals surface area contributed by atoms with Crippen molar-refractivity contribution in [3.8, 4) is 0 Å². The van der Waals surface area contributed by atoms with Crippen LogP contribution in [0.25, 0.3) is 0 Å². The molecule has 1 fully saturated rings. The number of carbonyl (C=O) groups excluding carboxylic acids is 1. The second kappa shape index (κ2) is 4.24. The van der Waals surface area contributed by atoms with Gasteiger partial charge >= 0.3 is 6.09 Å². The Balaban J connectivity index is 2.38. The molecule has 82 valence electrons. The lowest BCUT2D eigenvalue weighted by Crippen LogP contribution is -2.47. The molecule has 0 aliphatic heterocycles. The fourth-order valence-corrected chi connectivity index (χ4v) is 2.49. The summed E-state index contributed by atoms with van der Waals surface area (Å²) in [7, 11) is 1.82. The predicted octanol–water partition coefficient (Wildman–Crippen LogP) is 2.82. The van der Waals surface area contributed by atoms with Crippen molar-refractivity contribution in [2.24, 2.45) is 0 Å². The van der Waals surface area contributed by atoms with Gasteiger partial charge in [0, 0.05) is 17.0 Å². The summed E-state index contributed by atoms with van der Waals surface area (Å²) >= 11 is 2.41. The van der Waals surface area contributed by atoms with Crippen LogP contribution in [0.5, 0.6) is 0 Å². The van der Waals surface area contributed by atoms with Gasteiger partial charge < -0.3 is 9.64 Å². The van der Waals surface area contributed by atoms with Gasteiger partial charge in [-0.2, -0.15) is 0 Å². The minimum atomic E-state index is -0.390. The van der Waals surface area contributed by atoms with E-state index in [1.807, 2.05) is 27.8 Å². The van der Waals surface area contributed by atoms with Crippen molar-refractivity contribution in [2.45, 2.75) is 49.2 Å². The number of hydrogen-bond acceptors (Lipinski definition) is 2. The van der Waals surface area contributed by atoms with Crippen LogP contribution in [-0.4, -0.2) is 33.6 Å². The molecule has 0 spiro atoms. The van der Waals surface area contributed by atoms with Crippen molar-refractivity contribution in [1.82, 2.24) is 4.90 Å². The fraction of sp³-hybridized carbons (Fsp3) is 0.900.